The van der Waals surface area contributed by atoms with Crippen molar-refractivity contribution in [2.75, 3.05) is 4.90 Å². The standard InChI is InChI=1S/C26H24ClNO4S/c1-15(2)20-6-5-7-21(16(3)4)24(20)28-25(29)22-13-12-19(14-23(22)26(28)30)33(31,32)18-10-8-17(27)9-11-18/h5-16H,1-4H3. The number of benzene rings is 3. The highest BCUT2D eigenvalue weighted by atomic mass is 35.5. The maximum absolute atomic E-state index is 13.5. The van der Waals surface area contributed by atoms with Crippen LogP contribution >= 0.6 is 11.6 Å². The first kappa shape index (κ1) is 23.2. The molecule has 0 bridgehead atoms. The molecule has 4 rings (SSSR count). The molecule has 0 radical (unpaired) electrons. The summed E-state index contributed by atoms with van der Waals surface area (Å²) in [5.41, 5.74) is 2.66. The number of hydrogen-bond acceptors (Lipinski definition) is 4. The van der Waals surface area contributed by atoms with E-state index in [2.05, 4.69) is 0 Å². The summed E-state index contributed by atoms with van der Waals surface area (Å²) >= 11 is 5.88. The molecule has 5 nitrogen and oxygen atoms in total. The van der Waals surface area contributed by atoms with E-state index in [9.17, 15) is 18.0 Å². The van der Waals surface area contributed by atoms with Gasteiger partial charge in [-0.1, -0.05) is 57.5 Å². The molecule has 3 aromatic carbocycles. The van der Waals surface area contributed by atoms with Gasteiger partial charge in [-0.15, -0.1) is 0 Å². The Balaban J connectivity index is 1.84. The van der Waals surface area contributed by atoms with Crippen LogP contribution in [0.5, 0.6) is 0 Å². The Morgan fingerprint density at radius 2 is 1.24 bits per heavy atom. The molecule has 0 saturated heterocycles. The molecule has 2 amide bonds. The molecule has 0 atom stereocenters. The third-order valence-corrected chi connectivity index (χ3v) is 7.88. The largest absolute Gasteiger partial charge is 0.268 e. The van der Waals surface area contributed by atoms with E-state index in [4.69, 9.17) is 11.6 Å². The van der Waals surface area contributed by atoms with Crippen molar-refractivity contribution in [3.63, 3.8) is 0 Å². The molecule has 0 aliphatic carbocycles. The van der Waals surface area contributed by atoms with E-state index in [1.807, 2.05) is 45.9 Å². The number of sulfone groups is 1. The fraction of sp³-hybridized carbons (Fsp3) is 0.231. The number of anilines is 1. The number of carbonyl (C=O) groups is 2. The fourth-order valence-corrected chi connectivity index (χ4v) is 5.52. The molecule has 7 heteroatoms. The van der Waals surface area contributed by atoms with Gasteiger partial charge >= 0.3 is 0 Å². The van der Waals surface area contributed by atoms with Crippen LogP contribution in [0.3, 0.4) is 0 Å². The number of fused-ring (bicyclic) bond motifs is 1. The molecule has 0 spiro atoms. The first-order valence-electron chi connectivity index (χ1n) is 10.7. The average molecular weight is 482 g/mol. The van der Waals surface area contributed by atoms with Crippen molar-refractivity contribution in [2.24, 2.45) is 0 Å². The summed E-state index contributed by atoms with van der Waals surface area (Å²) in [4.78, 5) is 28.1. The monoisotopic (exact) mass is 481 g/mol. The predicted molar refractivity (Wildman–Crippen MR) is 129 cm³/mol. The van der Waals surface area contributed by atoms with Crippen molar-refractivity contribution in [1.82, 2.24) is 0 Å². The van der Waals surface area contributed by atoms with Crippen molar-refractivity contribution in [1.29, 1.82) is 0 Å². The summed E-state index contributed by atoms with van der Waals surface area (Å²) in [6, 6.07) is 15.7. The number of imide groups is 1. The number of nitrogens with zero attached hydrogens (tertiary/aromatic N) is 1. The zero-order chi connectivity index (χ0) is 24.1. The Morgan fingerprint density at radius 1 is 0.727 bits per heavy atom. The molecule has 0 fully saturated rings. The average Bonchev–Trinajstić information content (AvgIpc) is 3.02. The third kappa shape index (κ3) is 3.87. The molecule has 33 heavy (non-hydrogen) atoms. The first-order chi connectivity index (χ1) is 15.5. The molecule has 1 aliphatic rings. The Labute approximate surface area is 198 Å². The number of carbonyl (C=O) groups excluding carboxylic acids is 2. The zero-order valence-electron chi connectivity index (χ0n) is 18.8. The lowest BCUT2D eigenvalue weighted by Crippen LogP contribution is -2.31. The third-order valence-electron chi connectivity index (χ3n) is 5.86. The molecule has 0 aromatic heterocycles. The van der Waals surface area contributed by atoms with Crippen LogP contribution in [0.25, 0.3) is 0 Å². The van der Waals surface area contributed by atoms with E-state index in [0.717, 1.165) is 11.1 Å². The van der Waals surface area contributed by atoms with Gasteiger partial charge in [0.25, 0.3) is 11.8 Å². The minimum Gasteiger partial charge on any atom is -0.268 e. The van der Waals surface area contributed by atoms with E-state index < -0.39 is 21.7 Å². The Morgan fingerprint density at radius 3 is 1.79 bits per heavy atom. The minimum atomic E-state index is -3.88. The van der Waals surface area contributed by atoms with Crippen molar-refractivity contribution in [3.05, 3.63) is 87.9 Å². The number of para-hydroxylation sites is 1. The van der Waals surface area contributed by atoms with Gasteiger partial charge in [-0.25, -0.2) is 13.3 Å². The van der Waals surface area contributed by atoms with Gasteiger partial charge in [-0.3, -0.25) is 9.59 Å². The second kappa shape index (κ2) is 8.43. The summed E-state index contributed by atoms with van der Waals surface area (Å²) in [7, 11) is -3.88. The van der Waals surface area contributed by atoms with E-state index in [1.165, 1.54) is 47.4 Å². The highest BCUT2D eigenvalue weighted by molar-refractivity contribution is 7.91. The van der Waals surface area contributed by atoms with Gasteiger partial charge in [-0.2, -0.15) is 0 Å². The van der Waals surface area contributed by atoms with E-state index in [1.54, 1.807) is 0 Å². The molecule has 1 heterocycles. The Hall–Kier alpha value is -2.96. The second-order valence-electron chi connectivity index (χ2n) is 8.70. The van der Waals surface area contributed by atoms with Crippen LogP contribution in [0.2, 0.25) is 5.02 Å². The number of hydrogen-bond donors (Lipinski definition) is 0. The zero-order valence-corrected chi connectivity index (χ0v) is 20.4. The van der Waals surface area contributed by atoms with E-state index in [0.29, 0.717) is 10.7 Å². The van der Waals surface area contributed by atoms with Gasteiger partial charge in [0.05, 0.1) is 26.6 Å². The highest BCUT2D eigenvalue weighted by Gasteiger charge is 2.40. The quantitative estimate of drug-likeness (QED) is 0.405. The summed E-state index contributed by atoms with van der Waals surface area (Å²) in [5.74, 6) is -0.786. The molecule has 3 aromatic rings. The van der Waals surface area contributed by atoms with Crippen molar-refractivity contribution in [2.45, 2.75) is 49.3 Å². The topological polar surface area (TPSA) is 71.5 Å². The lowest BCUT2D eigenvalue weighted by atomic mass is 9.92. The van der Waals surface area contributed by atoms with Crippen molar-refractivity contribution >= 4 is 38.9 Å². The second-order valence-corrected chi connectivity index (χ2v) is 11.1. The predicted octanol–water partition coefficient (Wildman–Crippen LogP) is 6.22. The smallest absolute Gasteiger partial charge is 0.266 e. The summed E-state index contributed by atoms with van der Waals surface area (Å²) in [5, 5.41) is 0.420. The number of rotatable bonds is 5. The maximum atomic E-state index is 13.5. The first-order valence-corrected chi connectivity index (χ1v) is 12.6. The van der Waals surface area contributed by atoms with Crippen LogP contribution in [-0.4, -0.2) is 20.2 Å². The van der Waals surface area contributed by atoms with E-state index in [-0.39, 0.29) is 32.8 Å². The molecule has 1 aliphatic heterocycles. The lowest BCUT2D eigenvalue weighted by Gasteiger charge is -2.25. The van der Waals surface area contributed by atoms with Crippen molar-refractivity contribution < 1.29 is 18.0 Å². The molecule has 0 unspecified atom stereocenters. The van der Waals surface area contributed by atoms with Crippen LogP contribution in [-0.2, 0) is 9.84 Å². The minimum absolute atomic E-state index is 0.0483. The van der Waals surface area contributed by atoms with Gasteiger partial charge in [-0.05, 0) is 65.4 Å². The van der Waals surface area contributed by atoms with Gasteiger partial charge in [0.15, 0.2) is 0 Å². The highest BCUT2D eigenvalue weighted by Crippen LogP contribution is 2.40. The Kier molecular flexibility index (Phi) is 5.93. The summed E-state index contributed by atoms with van der Waals surface area (Å²) < 4.78 is 26.2. The molecular weight excluding hydrogens is 458 g/mol. The van der Waals surface area contributed by atoms with Crippen LogP contribution in [0.4, 0.5) is 5.69 Å². The van der Waals surface area contributed by atoms with Gasteiger partial charge in [0.2, 0.25) is 9.84 Å². The Bertz CT molecular complexity index is 1350. The van der Waals surface area contributed by atoms with Crippen LogP contribution < -0.4 is 4.90 Å². The molecule has 0 N–H and O–H groups in total. The fourth-order valence-electron chi connectivity index (χ4n) is 4.11. The summed E-state index contributed by atoms with van der Waals surface area (Å²) in [6.07, 6.45) is 0. The lowest BCUT2D eigenvalue weighted by molar-refractivity contribution is 0.0925. The molecular formula is C26H24ClNO4S. The number of amides is 2. The van der Waals surface area contributed by atoms with E-state index >= 15 is 0 Å². The van der Waals surface area contributed by atoms with Crippen LogP contribution in [0.15, 0.2) is 70.5 Å². The maximum Gasteiger partial charge on any atom is 0.266 e. The van der Waals surface area contributed by atoms with Gasteiger partial charge in [0.1, 0.15) is 0 Å². The van der Waals surface area contributed by atoms with Crippen molar-refractivity contribution in [3.8, 4) is 0 Å². The normalized spacial score (nSPS) is 13.8. The van der Waals surface area contributed by atoms with Crippen LogP contribution in [0.1, 0.15) is 71.4 Å². The SMILES string of the molecule is CC(C)c1cccc(C(C)C)c1N1C(=O)c2ccc(S(=O)(=O)c3ccc(Cl)cc3)cc2C1=O. The van der Waals surface area contributed by atoms with Gasteiger partial charge in [0, 0.05) is 5.02 Å². The van der Waals surface area contributed by atoms with Crippen LogP contribution in [0, 0.1) is 0 Å². The number of halogens is 1. The molecule has 170 valence electrons. The van der Waals surface area contributed by atoms with Gasteiger partial charge < -0.3 is 0 Å². The summed E-state index contributed by atoms with van der Waals surface area (Å²) in [6.45, 7) is 8.05. The molecule has 0 saturated carbocycles.